The number of hydrogen-bond acceptors (Lipinski definition) is 0. The second kappa shape index (κ2) is 9.31. The molecule has 30 heavy (non-hydrogen) atoms. The van der Waals surface area contributed by atoms with Gasteiger partial charge in [0.25, 0.3) is 0 Å². The minimum Gasteiger partial charge on any atom is -0.206 e. The lowest BCUT2D eigenvalue weighted by molar-refractivity contribution is 0.577. The zero-order valence-electron chi connectivity index (χ0n) is 17.4. The zero-order chi connectivity index (χ0) is 21.1. The van der Waals surface area contributed by atoms with Crippen LogP contribution in [-0.4, -0.2) is 0 Å². The number of aryl methyl sites for hydroxylation is 2. The number of fused-ring (bicyclic) bond motifs is 3. The van der Waals surface area contributed by atoms with E-state index in [0.717, 1.165) is 18.4 Å². The maximum absolute atomic E-state index is 15.4. The SMILES string of the molecule is CCCCCCCc1ccc2c(c1)CCc1c-2cc(F)c(-c2ccc(Cl)cc2)c1F. The molecule has 0 radical (unpaired) electrons. The van der Waals surface area contributed by atoms with E-state index in [1.807, 2.05) is 0 Å². The van der Waals surface area contributed by atoms with Gasteiger partial charge in [-0.15, -0.1) is 0 Å². The lowest BCUT2D eigenvalue weighted by Gasteiger charge is -2.23. The fraction of sp³-hybridized carbons (Fsp3) is 0.333. The Balaban J connectivity index is 1.62. The molecule has 1 aliphatic carbocycles. The van der Waals surface area contributed by atoms with Crippen molar-refractivity contribution in [3.63, 3.8) is 0 Å². The van der Waals surface area contributed by atoms with Crippen molar-refractivity contribution in [1.82, 2.24) is 0 Å². The molecule has 156 valence electrons. The van der Waals surface area contributed by atoms with Crippen molar-refractivity contribution < 1.29 is 8.78 Å². The summed E-state index contributed by atoms with van der Waals surface area (Å²) in [7, 11) is 0. The summed E-state index contributed by atoms with van der Waals surface area (Å²) in [6.45, 7) is 2.23. The molecule has 0 aliphatic heterocycles. The molecule has 0 bridgehead atoms. The average molecular weight is 425 g/mol. The number of unbranched alkanes of at least 4 members (excludes halogenated alkanes) is 4. The Kier molecular flexibility index (Phi) is 6.53. The molecule has 0 saturated heterocycles. The maximum Gasteiger partial charge on any atom is 0.137 e. The number of benzene rings is 3. The van der Waals surface area contributed by atoms with Crippen molar-refractivity contribution in [3.05, 3.63) is 81.9 Å². The normalized spacial score (nSPS) is 12.5. The fourth-order valence-corrected chi connectivity index (χ4v) is 4.62. The number of rotatable bonds is 7. The van der Waals surface area contributed by atoms with E-state index in [1.54, 1.807) is 24.3 Å². The third-order valence-electron chi connectivity index (χ3n) is 6.13. The van der Waals surface area contributed by atoms with E-state index in [9.17, 15) is 4.39 Å². The second-order valence-corrected chi connectivity index (χ2v) is 8.67. The lowest BCUT2D eigenvalue weighted by atomic mass is 9.82. The highest BCUT2D eigenvalue weighted by atomic mass is 35.5. The molecule has 3 heteroatoms. The predicted octanol–water partition coefficient (Wildman–Crippen LogP) is 8.56. The van der Waals surface area contributed by atoms with Crippen LogP contribution in [0, 0.1) is 11.6 Å². The summed E-state index contributed by atoms with van der Waals surface area (Å²) in [5, 5.41) is 0.549. The van der Waals surface area contributed by atoms with Crippen molar-refractivity contribution in [2.24, 2.45) is 0 Å². The smallest absolute Gasteiger partial charge is 0.137 e. The molecule has 0 aromatic heterocycles. The highest BCUT2D eigenvalue weighted by Crippen LogP contribution is 2.40. The van der Waals surface area contributed by atoms with Crippen LogP contribution in [-0.2, 0) is 19.3 Å². The minimum absolute atomic E-state index is 0.0394. The van der Waals surface area contributed by atoms with Gasteiger partial charge in [-0.2, -0.15) is 0 Å². The summed E-state index contributed by atoms with van der Waals surface area (Å²) >= 11 is 5.93. The Morgan fingerprint density at radius 1 is 0.833 bits per heavy atom. The standard InChI is InChI=1S/C27H27ClF2/c1-2-3-4-5-6-7-18-8-14-22-20(16-18)11-15-23-24(22)17-25(29)26(27(23)30)19-9-12-21(28)13-10-19/h8-10,12-14,16-17H,2-7,11,15H2,1H3. The molecule has 0 amide bonds. The Hall–Kier alpha value is -2.19. The van der Waals surface area contributed by atoms with Gasteiger partial charge in [-0.3, -0.25) is 0 Å². The van der Waals surface area contributed by atoms with Crippen molar-refractivity contribution in [2.45, 2.75) is 58.3 Å². The van der Waals surface area contributed by atoms with E-state index >= 15 is 4.39 Å². The second-order valence-electron chi connectivity index (χ2n) is 8.24. The van der Waals surface area contributed by atoms with Gasteiger partial charge in [-0.25, -0.2) is 8.78 Å². The van der Waals surface area contributed by atoms with E-state index in [0.29, 0.717) is 28.1 Å². The Morgan fingerprint density at radius 2 is 1.60 bits per heavy atom. The Morgan fingerprint density at radius 3 is 2.37 bits per heavy atom. The summed E-state index contributed by atoms with van der Waals surface area (Å²) in [6.07, 6.45) is 8.76. The molecular weight excluding hydrogens is 398 g/mol. The van der Waals surface area contributed by atoms with Gasteiger partial charge in [-0.05, 0) is 77.3 Å². The van der Waals surface area contributed by atoms with Crippen LogP contribution < -0.4 is 0 Å². The highest BCUT2D eigenvalue weighted by Gasteiger charge is 2.25. The highest BCUT2D eigenvalue weighted by molar-refractivity contribution is 6.30. The third kappa shape index (κ3) is 4.30. The van der Waals surface area contributed by atoms with Crippen LogP contribution in [0.4, 0.5) is 8.78 Å². The van der Waals surface area contributed by atoms with Crippen molar-refractivity contribution in [3.8, 4) is 22.3 Å². The van der Waals surface area contributed by atoms with Crippen LogP contribution in [0.2, 0.25) is 5.02 Å². The van der Waals surface area contributed by atoms with Crippen molar-refractivity contribution in [2.75, 3.05) is 0 Å². The summed E-state index contributed by atoms with van der Waals surface area (Å²) in [6, 6.07) is 14.6. The van der Waals surface area contributed by atoms with Gasteiger partial charge in [0.2, 0.25) is 0 Å². The molecule has 3 aromatic rings. The molecule has 0 fully saturated rings. The van der Waals surface area contributed by atoms with Crippen LogP contribution >= 0.6 is 11.6 Å². The van der Waals surface area contributed by atoms with E-state index in [2.05, 4.69) is 25.1 Å². The molecule has 3 aromatic carbocycles. The molecule has 0 N–H and O–H groups in total. The first-order valence-electron chi connectivity index (χ1n) is 11.0. The van der Waals surface area contributed by atoms with E-state index < -0.39 is 11.6 Å². The van der Waals surface area contributed by atoms with Gasteiger partial charge >= 0.3 is 0 Å². The summed E-state index contributed by atoms with van der Waals surface area (Å²) < 4.78 is 30.4. The first-order valence-corrected chi connectivity index (χ1v) is 11.3. The van der Waals surface area contributed by atoms with Gasteiger partial charge in [0.1, 0.15) is 11.6 Å². The van der Waals surface area contributed by atoms with Crippen LogP contribution in [0.5, 0.6) is 0 Å². The van der Waals surface area contributed by atoms with E-state index in [1.165, 1.54) is 49.3 Å². The molecule has 1 aliphatic rings. The first-order chi connectivity index (χ1) is 14.6. The number of hydrogen-bond donors (Lipinski definition) is 0. The molecule has 0 saturated carbocycles. The van der Waals surface area contributed by atoms with Crippen molar-refractivity contribution >= 4 is 11.6 Å². The zero-order valence-corrected chi connectivity index (χ0v) is 18.2. The van der Waals surface area contributed by atoms with Crippen molar-refractivity contribution in [1.29, 1.82) is 0 Å². The van der Waals surface area contributed by atoms with E-state index in [-0.39, 0.29) is 5.56 Å². The predicted molar refractivity (Wildman–Crippen MR) is 122 cm³/mol. The van der Waals surface area contributed by atoms with Gasteiger partial charge in [-0.1, -0.05) is 74.5 Å². The average Bonchev–Trinajstić information content (AvgIpc) is 2.74. The van der Waals surface area contributed by atoms with E-state index in [4.69, 9.17) is 11.6 Å². The molecule has 0 spiro atoms. The third-order valence-corrected chi connectivity index (χ3v) is 6.38. The molecule has 0 unspecified atom stereocenters. The van der Waals surface area contributed by atoms with Gasteiger partial charge in [0.05, 0.1) is 5.56 Å². The molecule has 0 atom stereocenters. The fourth-order valence-electron chi connectivity index (χ4n) is 4.49. The molecular formula is C27H27ClF2. The van der Waals surface area contributed by atoms with Gasteiger partial charge in [0, 0.05) is 5.02 Å². The maximum atomic E-state index is 15.4. The number of halogens is 3. The summed E-state index contributed by atoms with van der Waals surface area (Å²) in [5.74, 6) is -0.973. The quantitative estimate of drug-likeness (QED) is 0.333. The Bertz CT molecular complexity index is 1040. The first kappa shape index (κ1) is 21.1. The van der Waals surface area contributed by atoms with Gasteiger partial charge < -0.3 is 0 Å². The van der Waals surface area contributed by atoms with Crippen LogP contribution in [0.3, 0.4) is 0 Å². The summed E-state index contributed by atoms with van der Waals surface area (Å²) in [5.41, 5.74) is 5.35. The van der Waals surface area contributed by atoms with Crippen LogP contribution in [0.25, 0.3) is 22.3 Å². The largest absolute Gasteiger partial charge is 0.206 e. The van der Waals surface area contributed by atoms with Crippen LogP contribution in [0.1, 0.15) is 55.7 Å². The molecule has 0 heterocycles. The topological polar surface area (TPSA) is 0 Å². The Labute approximate surface area is 182 Å². The minimum atomic E-state index is -0.526. The summed E-state index contributed by atoms with van der Waals surface area (Å²) in [4.78, 5) is 0. The lowest BCUT2D eigenvalue weighted by Crippen LogP contribution is -2.09. The monoisotopic (exact) mass is 424 g/mol. The molecule has 0 nitrogen and oxygen atoms in total. The van der Waals surface area contributed by atoms with Crippen LogP contribution in [0.15, 0.2) is 48.5 Å². The van der Waals surface area contributed by atoms with Gasteiger partial charge in [0.15, 0.2) is 0 Å². The molecule has 4 rings (SSSR count).